The fourth-order valence-corrected chi connectivity index (χ4v) is 4.32. The van der Waals surface area contributed by atoms with Gasteiger partial charge in [-0.15, -0.1) is 0 Å². The van der Waals surface area contributed by atoms with Crippen molar-refractivity contribution in [1.82, 2.24) is 10.0 Å². The number of benzene rings is 1. The number of aryl methyl sites for hydroxylation is 1. The molecule has 2 rings (SSSR count). The highest BCUT2D eigenvalue weighted by molar-refractivity contribution is 7.89. The van der Waals surface area contributed by atoms with E-state index in [0.717, 1.165) is 30.4 Å². The van der Waals surface area contributed by atoms with Crippen molar-refractivity contribution >= 4 is 10.0 Å². The zero-order valence-electron chi connectivity index (χ0n) is 13.4. The van der Waals surface area contributed by atoms with Crippen molar-refractivity contribution in [2.75, 3.05) is 0 Å². The van der Waals surface area contributed by atoms with Gasteiger partial charge in [-0.1, -0.05) is 26.0 Å². The topological polar surface area (TPSA) is 58.2 Å². The summed E-state index contributed by atoms with van der Waals surface area (Å²) in [6, 6.07) is 6.03. The van der Waals surface area contributed by atoms with Gasteiger partial charge in [0.05, 0.1) is 4.90 Å². The van der Waals surface area contributed by atoms with Gasteiger partial charge < -0.3 is 5.32 Å². The summed E-state index contributed by atoms with van der Waals surface area (Å²) in [5.74, 6) is 0. The first-order valence-electron chi connectivity index (χ1n) is 7.59. The molecule has 1 saturated carbocycles. The van der Waals surface area contributed by atoms with E-state index >= 15 is 0 Å². The van der Waals surface area contributed by atoms with Crippen molar-refractivity contribution in [2.45, 2.75) is 70.0 Å². The van der Waals surface area contributed by atoms with Crippen LogP contribution in [0.1, 0.15) is 51.2 Å². The normalized spacial score (nSPS) is 17.8. The third-order valence-corrected chi connectivity index (χ3v) is 5.87. The Morgan fingerprint density at radius 3 is 2.48 bits per heavy atom. The van der Waals surface area contributed by atoms with Gasteiger partial charge in [-0.05, 0) is 50.3 Å². The molecule has 5 heteroatoms. The molecular weight excluding hydrogens is 284 g/mol. The highest BCUT2D eigenvalue weighted by atomic mass is 32.2. The van der Waals surface area contributed by atoms with Crippen molar-refractivity contribution in [1.29, 1.82) is 0 Å². The van der Waals surface area contributed by atoms with E-state index in [0.29, 0.717) is 17.5 Å². The average Bonchev–Trinajstić information content (AvgIpc) is 2.35. The molecule has 0 saturated heterocycles. The lowest BCUT2D eigenvalue weighted by atomic mass is 9.80. The predicted molar refractivity (Wildman–Crippen MR) is 85.7 cm³/mol. The van der Waals surface area contributed by atoms with E-state index in [1.54, 1.807) is 6.07 Å². The quantitative estimate of drug-likeness (QED) is 0.849. The van der Waals surface area contributed by atoms with Gasteiger partial charge in [0, 0.05) is 18.1 Å². The molecule has 0 unspecified atom stereocenters. The fourth-order valence-electron chi connectivity index (χ4n) is 2.55. The maximum atomic E-state index is 12.6. The SMILES string of the molecule is Cc1ccc(CNC(C)C)cc1S(=O)(=O)NC1(C)CCC1. The van der Waals surface area contributed by atoms with E-state index in [9.17, 15) is 8.42 Å². The molecule has 0 spiro atoms. The minimum atomic E-state index is -3.45. The molecule has 0 heterocycles. The molecule has 0 radical (unpaired) electrons. The van der Waals surface area contributed by atoms with Gasteiger partial charge in [-0.3, -0.25) is 0 Å². The molecule has 0 aromatic heterocycles. The standard InChI is InChI=1S/C16H26N2O2S/c1-12(2)17-11-14-7-6-13(3)15(10-14)21(19,20)18-16(4)8-5-9-16/h6-7,10,12,17-18H,5,8-9,11H2,1-4H3. The second-order valence-electron chi connectivity index (χ2n) is 6.66. The van der Waals surface area contributed by atoms with Crippen LogP contribution in [-0.2, 0) is 16.6 Å². The first-order valence-corrected chi connectivity index (χ1v) is 9.07. The van der Waals surface area contributed by atoms with Gasteiger partial charge in [0.15, 0.2) is 0 Å². The summed E-state index contributed by atoms with van der Waals surface area (Å²) in [4.78, 5) is 0.402. The number of hydrogen-bond acceptors (Lipinski definition) is 3. The van der Waals surface area contributed by atoms with Gasteiger partial charge in [-0.25, -0.2) is 13.1 Å². The lowest BCUT2D eigenvalue weighted by Gasteiger charge is -2.38. The van der Waals surface area contributed by atoms with E-state index in [-0.39, 0.29) is 5.54 Å². The van der Waals surface area contributed by atoms with Crippen LogP contribution < -0.4 is 10.0 Å². The van der Waals surface area contributed by atoms with E-state index in [1.165, 1.54) is 0 Å². The summed E-state index contributed by atoms with van der Waals surface area (Å²) in [5.41, 5.74) is 1.52. The van der Waals surface area contributed by atoms with Gasteiger partial charge in [0.25, 0.3) is 0 Å². The Morgan fingerprint density at radius 2 is 1.95 bits per heavy atom. The molecule has 0 aliphatic heterocycles. The second-order valence-corrected chi connectivity index (χ2v) is 8.31. The molecule has 2 N–H and O–H groups in total. The molecule has 1 aromatic carbocycles. The van der Waals surface area contributed by atoms with Crippen LogP contribution in [0.15, 0.2) is 23.1 Å². The maximum absolute atomic E-state index is 12.6. The maximum Gasteiger partial charge on any atom is 0.241 e. The minimum absolute atomic E-state index is 0.266. The highest BCUT2D eigenvalue weighted by Crippen LogP contribution is 2.33. The first-order chi connectivity index (χ1) is 9.72. The van der Waals surface area contributed by atoms with Crippen LogP contribution in [0.25, 0.3) is 0 Å². The molecule has 0 amide bonds. The molecule has 0 bridgehead atoms. The summed E-state index contributed by atoms with van der Waals surface area (Å²) in [6.45, 7) is 8.65. The molecular formula is C16H26N2O2S. The van der Waals surface area contributed by atoms with Crippen LogP contribution in [0.2, 0.25) is 0 Å². The number of nitrogens with one attached hydrogen (secondary N) is 2. The Balaban J connectivity index is 2.22. The monoisotopic (exact) mass is 310 g/mol. The Labute approximate surface area is 128 Å². The van der Waals surface area contributed by atoms with Crippen LogP contribution >= 0.6 is 0 Å². The van der Waals surface area contributed by atoms with Gasteiger partial charge >= 0.3 is 0 Å². The molecule has 4 nitrogen and oxygen atoms in total. The smallest absolute Gasteiger partial charge is 0.241 e. The molecule has 21 heavy (non-hydrogen) atoms. The van der Waals surface area contributed by atoms with Crippen molar-refractivity contribution in [3.8, 4) is 0 Å². The molecule has 1 aliphatic rings. The van der Waals surface area contributed by atoms with E-state index in [1.807, 2.05) is 26.0 Å². The van der Waals surface area contributed by atoms with Gasteiger partial charge in [-0.2, -0.15) is 0 Å². The molecule has 0 atom stereocenters. The Kier molecular flexibility index (Phi) is 4.76. The van der Waals surface area contributed by atoms with Crippen LogP contribution in [-0.4, -0.2) is 20.0 Å². The average molecular weight is 310 g/mol. The second kappa shape index (κ2) is 6.07. The minimum Gasteiger partial charge on any atom is -0.310 e. The highest BCUT2D eigenvalue weighted by Gasteiger charge is 2.36. The number of hydrogen-bond donors (Lipinski definition) is 2. The fraction of sp³-hybridized carbons (Fsp3) is 0.625. The largest absolute Gasteiger partial charge is 0.310 e. The van der Waals surface area contributed by atoms with Crippen molar-refractivity contribution in [2.24, 2.45) is 0 Å². The molecule has 1 aromatic rings. The van der Waals surface area contributed by atoms with Crippen LogP contribution in [0.4, 0.5) is 0 Å². The molecule has 1 aliphatic carbocycles. The Hall–Kier alpha value is -0.910. The Bertz CT molecular complexity index is 605. The van der Waals surface area contributed by atoms with Crippen molar-refractivity contribution in [3.63, 3.8) is 0 Å². The first kappa shape index (κ1) is 16.5. The molecule has 118 valence electrons. The van der Waals surface area contributed by atoms with E-state index < -0.39 is 10.0 Å². The summed E-state index contributed by atoms with van der Waals surface area (Å²) in [6.07, 6.45) is 2.93. The van der Waals surface area contributed by atoms with E-state index in [2.05, 4.69) is 23.9 Å². The van der Waals surface area contributed by atoms with Crippen LogP contribution in [0.3, 0.4) is 0 Å². The summed E-state index contributed by atoms with van der Waals surface area (Å²) >= 11 is 0. The zero-order chi connectivity index (χ0) is 15.7. The Morgan fingerprint density at radius 1 is 1.29 bits per heavy atom. The molecule has 1 fully saturated rings. The number of rotatable bonds is 6. The predicted octanol–water partition coefficient (Wildman–Crippen LogP) is 2.71. The van der Waals surface area contributed by atoms with Crippen LogP contribution in [0, 0.1) is 6.92 Å². The van der Waals surface area contributed by atoms with E-state index in [4.69, 9.17) is 0 Å². The van der Waals surface area contributed by atoms with Crippen LogP contribution in [0.5, 0.6) is 0 Å². The summed E-state index contributed by atoms with van der Waals surface area (Å²) < 4.78 is 28.1. The van der Waals surface area contributed by atoms with Gasteiger partial charge in [0.2, 0.25) is 10.0 Å². The summed E-state index contributed by atoms with van der Waals surface area (Å²) in [7, 11) is -3.45. The third-order valence-electron chi connectivity index (χ3n) is 4.09. The summed E-state index contributed by atoms with van der Waals surface area (Å²) in [5, 5.41) is 3.32. The number of sulfonamides is 1. The zero-order valence-corrected chi connectivity index (χ0v) is 14.2. The third kappa shape index (κ3) is 4.05. The van der Waals surface area contributed by atoms with Crippen molar-refractivity contribution < 1.29 is 8.42 Å². The lowest BCUT2D eigenvalue weighted by Crippen LogP contribution is -2.50. The lowest BCUT2D eigenvalue weighted by molar-refractivity contribution is 0.248. The van der Waals surface area contributed by atoms with Crippen molar-refractivity contribution in [3.05, 3.63) is 29.3 Å². The van der Waals surface area contributed by atoms with Gasteiger partial charge in [0.1, 0.15) is 0 Å².